The Hall–Kier alpha value is -3.52. The predicted molar refractivity (Wildman–Crippen MR) is 92.5 cm³/mol. The van der Waals surface area contributed by atoms with E-state index >= 15 is 0 Å². The smallest absolute Gasteiger partial charge is 0.222 e. The van der Waals surface area contributed by atoms with Crippen LogP contribution in [-0.4, -0.2) is 23.7 Å². The lowest BCUT2D eigenvalue weighted by Gasteiger charge is -2.13. The fourth-order valence-electron chi connectivity index (χ4n) is 2.24. The molecule has 2 rings (SSSR count). The van der Waals surface area contributed by atoms with E-state index < -0.39 is 0 Å². The van der Waals surface area contributed by atoms with Gasteiger partial charge in [-0.15, -0.1) is 0 Å². The number of aromatic nitrogens is 2. The maximum absolute atomic E-state index is 9.31. The van der Waals surface area contributed by atoms with Crippen LogP contribution in [-0.2, 0) is 0 Å². The molecule has 0 radical (unpaired) electrons. The molecule has 1 aromatic heterocycles. The Bertz CT molecular complexity index is 838. The Morgan fingerprint density at radius 1 is 1.12 bits per heavy atom. The van der Waals surface area contributed by atoms with Crippen LogP contribution in [0.15, 0.2) is 18.2 Å². The second-order valence-corrected chi connectivity index (χ2v) is 5.13. The third-order valence-corrected chi connectivity index (χ3v) is 3.44. The summed E-state index contributed by atoms with van der Waals surface area (Å²) in [4.78, 5) is 7.93. The highest BCUT2D eigenvalue weighted by Gasteiger charge is 2.15. The normalized spacial score (nSPS) is 9.88. The van der Waals surface area contributed by atoms with Crippen LogP contribution in [0.3, 0.4) is 0 Å². The molecule has 25 heavy (non-hydrogen) atoms. The monoisotopic (exact) mass is 338 g/mol. The van der Waals surface area contributed by atoms with Gasteiger partial charge in [0.2, 0.25) is 5.95 Å². The first-order valence-electron chi connectivity index (χ1n) is 7.62. The number of rotatable bonds is 7. The first kappa shape index (κ1) is 17.8. The summed E-state index contributed by atoms with van der Waals surface area (Å²) in [5, 5.41) is 17.9. The second-order valence-electron chi connectivity index (χ2n) is 5.13. The fourth-order valence-corrected chi connectivity index (χ4v) is 2.24. The number of hydrogen-bond donors (Lipinski definition) is 2. The largest absolute Gasteiger partial charge is 0.493 e. The topological polar surface area (TPSA) is 144 Å². The lowest BCUT2D eigenvalue weighted by molar-refractivity contribution is 0.287. The van der Waals surface area contributed by atoms with Gasteiger partial charge in [-0.25, -0.2) is 4.98 Å². The van der Waals surface area contributed by atoms with Crippen LogP contribution in [0.2, 0.25) is 0 Å². The molecular formula is C17H18N6O2. The fraction of sp³-hybridized carbons (Fsp3) is 0.294. The Morgan fingerprint density at radius 2 is 1.92 bits per heavy atom. The Morgan fingerprint density at radius 3 is 2.60 bits per heavy atom. The highest BCUT2D eigenvalue weighted by Crippen LogP contribution is 2.34. The van der Waals surface area contributed by atoms with E-state index in [0.717, 1.165) is 12.8 Å². The molecule has 0 spiro atoms. The molecule has 8 nitrogen and oxygen atoms in total. The molecule has 0 saturated heterocycles. The van der Waals surface area contributed by atoms with Crippen LogP contribution < -0.4 is 20.9 Å². The van der Waals surface area contributed by atoms with Crippen molar-refractivity contribution >= 4 is 11.8 Å². The molecular weight excluding hydrogens is 320 g/mol. The molecule has 0 amide bonds. The summed E-state index contributed by atoms with van der Waals surface area (Å²) in [6.07, 6.45) is 2.00. The minimum atomic E-state index is -0.0127. The molecule has 8 heteroatoms. The van der Waals surface area contributed by atoms with Gasteiger partial charge >= 0.3 is 0 Å². The van der Waals surface area contributed by atoms with E-state index in [1.54, 1.807) is 25.3 Å². The van der Waals surface area contributed by atoms with E-state index in [1.807, 2.05) is 6.07 Å². The number of methoxy groups -OCH3 is 1. The molecule has 2 aromatic rings. The number of nitrogens with zero attached hydrogens (tertiary/aromatic N) is 4. The number of nitrogen functional groups attached to an aromatic ring is 2. The zero-order valence-corrected chi connectivity index (χ0v) is 13.8. The van der Waals surface area contributed by atoms with Gasteiger partial charge in [-0.3, -0.25) is 0 Å². The SMILES string of the molecule is COc1ccc(-c2nc(N)nc(N)c2C#N)cc1OCCCCC#N. The van der Waals surface area contributed by atoms with Crippen molar-refractivity contribution in [2.75, 3.05) is 25.2 Å². The minimum Gasteiger partial charge on any atom is -0.493 e. The van der Waals surface area contributed by atoms with Crippen molar-refractivity contribution < 1.29 is 9.47 Å². The molecule has 0 aliphatic heterocycles. The number of anilines is 2. The van der Waals surface area contributed by atoms with Gasteiger partial charge in [-0.2, -0.15) is 15.5 Å². The number of nitrogens with two attached hydrogens (primary N) is 2. The van der Waals surface area contributed by atoms with Crippen molar-refractivity contribution in [1.82, 2.24) is 9.97 Å². The van der Waals surface area contributed by atoms with Crippen LogP contribution in [0.25, 0.3) is 11.3 Å². The van der Waals surface area contributed by atoms with E-state index in [1.165, 1.54) is 0 Å². The van der Waals surface area contributed by atoms with Crippen molar-refractivity contribution in [3.8, 4) is 34.9 Å². The molecule has 4 N–H and O–H groups in total. The van der Waals surface area contributed by atoms with Gasteiger partial charge < -0.3 is 20.9 Å². The van der Waals surface area contributed by atoms with Crippen LogP contribution in [0, 0.1) is 22.7 Å². The van der Waals surface area contributed by atoms with Crippen LogP contribution in [0.5, 0.6) is 11.5 Å². The van der Waals surface area contributed by atoms with E-state index in [0.29, 0.717) is 35.8 Å². The number of nitriles is 2. The summed E-state index contributed by atoms with van der Waals surface area (Å²) in [6.45, 7) is 0.445. The molecule has 0 aliphatic rings. The van der Waals surface area contributed by atoms with E-state index in [4.69, 9.17) is 26.2 Å². The van der Waals surface area contributed by atoms with Crippen molar-refractivity contribution in [2.24, 2.45) is 0 Å². The first-order chi connectivity index (χ1) is 12.1. The predicted octanol–water partition coefficient (Wildman–Crippen LogP) is 2.26. The Labute approximate surface area is 145 Å². The molecule has 1 aromatic carbocycles. The van der Waals surface area contributed by atoms with E-state index in [2.05, 4.69) is 16.0 Å². The first-order valence-corrected chi connectivity index (χ1v) is 7.62. The van der Waals surface area contributed by atoms with Gasteiger partial charge in [-0.1, -0.05) is 0 Å². The van der Waals surface area contributed by atoms with Crippen molar-refractivity contribution in [3.05, 3.63) is 23.8 Å². The van der Waals surface area contributed by atoms with Crippen LogP contribution in [0.1, 0.15) is 24.8 Å². The van der Waals surface area contributed by atoms with Gasteiger partial charge in [0.1, 0.15) is 17.5 Å². The van der Waals surface area contributed by atoms with Gasteiger partial charge in [0, 0.05) is 12.0 Å². The van der Waals surface area contributed by atoms with Crippen molar-refractivity contribution in [3.63, 3.8) is 0 Å². The second kappa shape index (κ2) is 8.37. The minimum absolute atomic E-state index is 0.0127. The summed E-state index contributed by atoms with van der Waals surface area (Å²) < 4.78 is 11.0. The zero-order valence-electron chi connectivity index (χ0n) is 13.8. The van der Waals surface area contributed by atoms with Gasteiger partial charge in [0.25, 0.3) is 0 Å². The summed E-state index contributed by atoms with van der Waals surface area (Å²) in [5.74, 6) is 1.08. The Kier molecular flexibility index (Phi) is 5.97. The molecule has 1 heterocycles. The lowest BCUT2D eigenvalue weighted by atomic mass is 10.1. The van der Waals surface area contributed by atoms with Crippen LogP contribution >= 0.6 is 0 Å². The van der Waals surface area contributed by atoms with Crippen molar-refractivity contribution in [1.29, 1.82) is 10.5 Å². The third kappa shape index (κ3) is 4.27. The highest BCUT2D eigenvalue weighted by atomic mass is 16.5. The lowest BCUT2D eigenvalue weighted by Crippen LogP contribution is -2.05. The molecule has 0 aliphatic carbocycles. The molecule has 0 saturated carbocycles. The summed E-state index contributed by atoms with van der Waals surface area (Å²) in [6, 6.07) is 9.26. The summed E-state index contributed by atoms with van der Waals surface area (Å²) in [5.41, 5.74) is 12.5. The summed E-state index contributed by atoms with van der Waals surface area (Å²) in [7, 11) is 1.54. The number of hydrogen-bond acceptors (Lipinski definition) is 8. The summed E-state index contributed by atoms with van der Waals surface area (Å²) >= 11 is 0. The molecule has 0 unspecified atom stereocenters. The maximum atomic E-state index is 9.31. The maximum Gasteiger partial charge on any atom is 0.222 e. The van der Waals surface area contributed by atoms with Crippen LogP contribution in [0.4, 0.5) is 11.8 Å². The third-order valence-electron chi connectivity index (χ3n) is 3.44. The van der Waals surface area contributed by atoms with Gasteiger partial charge in [-0.05, 0) is 31.0 Å². The Balaban J connectivity index is 2.33. The van der Waals surface area contributed by atoms with Gasteiger partial charge in [0.15, 0.2) is 11.5 Å². The standard InChI is InChI=1S/C17H18N6O2/c1-24-13-6-5-11(9-14(13)25-8-4-2-3-7-18)15-12(10-19)16(20)23-17(21)22-15/h5-6,9H,2-4,8H2,1H3,(H4,20,21,22,23). The van der Waals surface area contributed by atoms with E-state index in [9.17, 15) is 5.26 Å². The average Bonchev–Trinajstić information content (AvgIpc) is 2.60. The number of unbranched alkanes of at least 4 members (excludes halogenated alkanes) is 2. The average molecular weight is 338 g/mol. The number of benzene rings is 1. The highest BCUT2D eigenvalue weighted by molar-refractivity contribution is 5.74. The molecule has 128 valence electrons. The van der Waals surface area contributed by atoms with Crippen molar-refractivity contribution in [2.45, 2.75) is 19.3 Å². The quantitative estimate of drug-likeness (QED) is 0.731. The van der Waals surface area contributed by atoms with E-state index in [-0.39, 0.29) is 17.3 Å². The molecule has 0 atom stereocenters. The number of ether oxygens (including phenoxy) is 2. The zero-order chi connectivity index (χ0) is 18.2. The molecule has 0 bridgehead atoms. The van der Waals surface area contributed by atoms with Gasteiger partial charge in [0.05, 0.1) is 25.5 Å². The molecule has 0 fully saturated rings.